The summed E-state index contributed by atoms with van der Waals surface area (Å²) in [4.78, 5) is 22.8. The summed E-state index contributed by atoms with van der Waals surface area (Å²) in [5.41, 5.74) is 1.65. The second kappa shape index (κ2) is 8.60. The van der Waals surface area contributed by atoms with Crippen LogP contribution in [-0.4, -0.2) is 48.0 Å². The molecule has 6 heteroatoms. The first kappa shape index (κ1) is 16.6. The van der Waals surface area contributed by atoms with Crippen LogP contribution in [0, 0.1) is 0 Å². The second-order valence-electron chi connectivity index (χ2n) is 5.40. The number of rotatable bonds is 8. The highest BCUT2D eigenvalue weighted by Crippen LogP contribution is 2.21. The Balaban J connectivity index is 1.74. The van der Waals surface area contributed by atoms with Gasteiger partial charge >= 0.3 is 0 Å². The van der Waals surface area contributed by atoms with Gasteiger partial charge in [-0.2, -0.15) is 0 Å². The van der Waals surface area contributed by atoms with Gasteiger partial charge in [-0.1, -0.05) is 6.07 Å². The van der Waals surface area contributed by atoms with Crippen molar-refractivity contribution < 1.29 is 4.79 Å². The Morgan fingerprint density at radius 3 is 2.91 bits per heavy atom. The molecule has 0 saturated carbocycles. The summed E-state index contributed by atoms with van der Waals surface area (Å²) in [5.74, 6) is 0.0303. The van der Waals surface area contributed by atoms with Gasteiger partial charge in [-0.05, 0) is 45.6 Å². The Kier molecular flexibility index (Phi) is 6.48. The molecule has 22 heavy (non-hydrogen) atoms. The lowest BCUT2D eigenvalue weighted by molar-refractivity contribution is -0.120. The average Bonchev–Trinajstić information content (AvgIpc) is 2.96. The summed E-state index contributed by atoms with van der Waals surface area (Å²) in [6, 6.07) is 5.74. The van der Waals surface area contributed by atoms with Crippen molar-refractivity contribution in [2.45, 2.75) is 19.3 Å². The van der Waals surface area contributed by atoms with Crippen LogP contribution < -0.4 is 5.32 Å². The Morgan fingerprint density at radius 2 is 2.18 bits per heavy atom. The fraction of sp³-hybridized carbons (Fsp3) is 0.438. The van der Waals surface area contributed by atoms with Crippen LogP contribution in [0.25, 0.3) is 10.7 Å². The molecule has 2 aromatic heterocycles. The van der Waals surface area contributed by atoms with Crippen LogP contribution in [0.2, 0.25) is 0 Å². The van der Waals surface area contributed by atoms with Gasteiger partial charge in [-0.15, -0.1) is 11.3 Å². The van der Waals surface area contributed by atoms with Crippen molar-refractivity contribution in [2.75, 3.05) is 27.2 Å². The molecule has 5 nitrogen and oxygen atoms in total. The maximum Gasteiger partial charge on any atom is 0.226 e. The molecule has 1 N–H and O–H groups in total. The molecule has 0 aliphatic rings. The molecule has 0 fully saturated rings. The molecule has 0 aliphatic carbocycles. The molecule has 0 aliphatic heterocycles. The SMILES string of the molecule is CN(C)CCCCNC(=O)Cc1csc(-c2ccccn2)n1. The molecule has 0 atom stereocenters. The molecule has 1 amide bonds. The number of nitrogens with zero attached hydrogens (tertiary/aromatic N) is 3. The minimum atomic E-state index is 0.0303. The van der Waals surface area contributed by atoms with Crippen LogP contribution in [0.5, 0.6) is 0 Å². The minimum Gasteiger partial charge on any atom is -0.356 e. The quantitative estimate of drug-likeness (QED) is 0.758. The van der Waals surface area contributed by atoms with Crippen molar-refractivity contribution in [3.63, 3.8) is 0 Å². The molecule has 0 unspecified atom stereocenters. The molecule has 0 bridgehead atoms. The number of unbranched alkanes of at least 4 members (excludes halogenated alkanes) is 1. The number of carbonyl (C=O) groups excluding carboxylic acids is 1. The summed E-state index contributed by atoms with van der Waals surface area (Å²) in [6.07, 6.45) is 4.17. The average molecular weight is 318 g/mol. The van der Waals surface area contributed by atoms with Crippen molar-refractivity contribution in [3.8, 4) is 10.7 Å². The topological polar surface area (TPSA) is 58.1 Å². The number of pyridine rings is 1. The molecule has 118 valence electrons. The van der Waals surface area contributed by atoms with Crippen LogP contribution in [0.3, 0.4) is 0 Å². The van der Waals surface area contributed by atoms with Gasteiger partial charge in [0, 0.05) is 18.1 Å². The first-order valence-corrected chi connectivity index (χ1v) is 8.30. The molecular weight excluding hydrogens is 296 g/mol. The van der Waals surface area contributed by atoms with Gasteiger partial charge in [0.25, 0.3) is 0 Å². The zero-order valence-corrected chi connectivity index (χ0v) is 13.9. The zero-order chi connectivity index (χ0) is 15.8. The molecule has 2 heterocycles. The van der Waals surface area contributed by atoms with Crippen LogP contribution in [0.4, 0.5) is 0 Å². The molecular formula is C16H22N4OS. The van der Waals surface area contributed by atoms with E-state index in [0.29, 0.717) is 6.42 Å². The van der Waals surface area contributed by atoms with Crippen LogP contribution in [-0.2, 0) is 11.2 Å². The van der Waals surface area contributed by atoms with Crippen LogP contribution in [0.15, 0.2) is 29.8 Å². The van der Waals surface area contributed by atoms with E-state index < -0.39 is 0 Å². The standard InChI is InChI=1S/C16H22N4OS/c1-20(2)10-6-5-9-18-15(21)11-13-12-22-16(19-13)14-7-3-4-8-17-14/h3-4,7-8,12H,5-6,9-11H2,1-2H3,(H,18,21). The van der Waals surface area contributed by atoms with Crippen molar-refractivity contribution in [3.05, 3.63) is 35.5 Å². The number of amides is 1. The molecule has 2 rings (SSSR count). The Bertz CT molecular complexity index is 583. The van der Waals surface area contributed by atoms with E-state index in [1.54, 1.807) is 6.20 Å². The predicted octanol–water partition coefficient (Wildman–Crippen LogP) is 2.21. The Morgan fingerprint density at radius 1 is 1.32 bits per heavy atom. The third-order valence-corrected chi connectivity index (χ3v) is 4.05. The highest BCUT2D eigenvalue weighted by Gasteiger charge is 2.09. The summed E-state index contributed by atoms with van der Waals surface area (Å²) in [6.45, 7) is 1.78. The van der Waals surface area contributed by atoms with Gasteiger partial charge in [0.2, 0.25) is 5.91 Å². The van der Waals surface area contributed by atoms with Crippen molar-refractivity contribution in [2.24, 2.45) is 0 Å². The van der Waals surface area contributed by atoms with E-state index in [1.165, 1.54) is 11.3 Å². The number of nitrogens with one attached hydrogen (secondary N) is 1. The van der Waals surface area contributed by atoms with Gasteiger partial charge in [0.1, 0.15) is 5.01 Å². The van der Waals surface area contributed by atoms with E-state index in [9.17, 15) is 4.79 Å². The monoisotopic (exact) mass is 318 g/mol. The largest absolute Gasteiger partial charge is 0.356 e. The molecule has 0 radical (unpaired) electrons. The van der Waals surface area contributed by atoms with Crippen molar-refractivity contribution in [1.29, 1.82) is 0 Å². The first-order chi connectivity index (χ1) is 10.6. The van der Waals surface area contributed by atoms with Gasteiger partial charge in [-0.25, -0.2) is 4.98 Å². The lowest BCUT2D eigenvalue weighted by Crippen LogP contribution is -2.26. The summed E-state index contributed by atoms with van der Waals surface area (Å²) in [7, 11) is 4.11. The van der Waals surface area contributed by atoms with E-state index in [1.807, 2.05) is 23.6 Å². The smallest absolute Gasteiger partial charge is 0.226 e. The first-order valence-electron chi connectivity index (χ1n) is 7.42. The maximum atomic E-state index is 11.9. The summed E-state index contributed by atoms with van der Waals surface area (Å²) in [5, 5.41) is 5.73. The Hall–Kier alpha value is -1.79. The highest BCUT2D eigenvalue weighted by molar-refractivity contribution is 7.13. The van der Waals surface area contributed by atoms with Gasteiger partial charge in [0.05, 0.1) is 17.8 Å². The normalized spacial score (nSPS) is 10.9. The number of hydrogen-bond acceptors (Lipinski definition) is 5. The highest BCUT2D eigenvalue weighted by atomic mass is 32.1. The molecule has 2 aromatic rings. The number of thiazole rings is 1. The summed E-state index contributed by atoms with van der Waals surface area (Å²) >= 11 is 1.52. The third-order valence-electron chi connectivity index (χ3n) is 3.13. The predicted molar refractivity (Wildman–Crippen MR) is 89.8 cm³/mol. The van der Waals surface area contributed by atoms with E-state index in [4.69, 9.17) is 0 Å². The number of aromatic nitrogens is 2. The second-order valence-corrected chi connectivity index (χ2v) is 6.25. The minimum absolute atomic E-state index is 0.0303. The number of hydrogen-bond donors (Lipinski definition) is 1. The summed E-state index contributed by atoms with van der Waals surface area (Å²) < 4.78 is 0. The number of carbonyl (C=O) groups is 1. The fourth-order valence-electron chi connectivity index (χ4n) is 2.00. The maximum absolute atomic E-state index is 11.9. The lowest BCUT2D eigenvalue weighted by atomic mass is 10.2. The van der Waals surface area contributed by atoms with E-state index in [0.717, 1.165) is 42.3 Å². The van der Waals surface area contributed by atoms with E-state index in [-0.39, 0.29) is 5.91 Å². The lowest BCUT2D eigenvalue weighted by Gasteiger charge is -2.09. The van der Waals surface area contributed by atoms with Crippen LogP contribution >= 0.6 is 11.3 Å². The Labute approximate surface area is 135 Å². The third kappa shape index (κ3) is 5.54. The fourth-order valence-corrected chi connectivity index (χ4v) is 2.80. The van der Waals surface area contributed by atoms with Gasteiger partial charge in [0.15, 0.2) is 0 Å². The zero-order valence-electron chi connectivity index (χ0n) is 13.1. The van der Waals surface area contributed by atoms with E-state index in [2.05, 4.69) is 34.3 Å². The van der Waals surface area contributed by atoms with Gasteiger partial charge < -0.3 is 10.2 Å². The van der Waals surface area contributed by atoms with Crippen molar-refractivity contribution in [1.82, 2.24) is 20.2 Å². The molecule has 0 spiro atoms. The molecule has 0 saturated heterocycles. The van der Waals surface area contributed by atoms with Crippen LogP contribution in [0.1, 0.15) is 18.5 Å². The molecule has 0 aromatic carbocycles. The van der Waals surface area contributed by atoms with Gasteiger partial charge in [-0.3, -0.25) is 9.78 Å². The van der Waals surface area contributed by atoms with E-state index >= 15 is 0 Å². The van der Waals surface area contributed by atoms with Crippen molar-refractivity contribution >= 4 is 17.2 Å².